The number of hydrogen-bond acceptors (Lipinski definition) is 3. The van der Waals surface area contributed by atoms with Gasteiger partial charge in [0, 0.05) is 0 Å². The summed E-state index contributed by atoms with van der Waals surface area (Å²) in [6.07, 6.45) is -1.94. The number of carbonyl (C=O) groups excluding carboxylic acids is 1. The van der Waals surface area contributed by atoms with E-state index in [1.165, 1.54) is 6.92 Å². The first-order chi connectivity index (χ1) is 7.63. The quantitative estimate of drug-likeness (QED) is 0.774. The summed E-state index contributed by atoms with van der Waals surface area (Å²) in [4.78, 5) is 11.4. The van der Waals surface area contributed by atoms with Crippen LogP contribution in [0.25, 0.3) is 0 Å². The molecule has 0 aliphatic rings. The topological polar surface area (TPSA) is 46.5 Å². The van der Waals surface area contributed by atoms with Gasteiger partial charge in [-0.05, 0) is 12.5 Å². The average Bonchev–Trinajstić information content (AvgIpc) is 2.29. The maximum absolute atomic E-state index is 12.1. The molecule has 0 aromatic heterocycles. The van der Waals surface area contributed by atoms with E-state index in [1.54, 1.807) is 12.1 Å². The molecule has 4 heteroatoms. The van der Waals surface area contributed by atoms with Crippen LogP contribution in [0, 0.1) is 0 Å². The fourth-order valence-electron chi connectivity index (χ4n) is 1.22. The van der Waals surface area contributed by atoms with Gasteiger partial charge in [-0.25, -0.2) is 4.39 Å². The van der Waals surface area contributed by atoms with Gasteiger partial charge in [0.2, 0.25) is 0 Å². The lowest BCUT2D eigenvalue weighted by Gasteiger charge is -2.16. The second kappa shape index (κ2) is 6.23. The van der Waals surface area contributed by atoms with Gasteiger partial charge < -0.3 is 9.84 Å². The molecule has 0 saturated heterocycles. The van der Waals surface area contributed by atoms with Crippen LogP contribution < -0.4 is 0 Å². The van der Waals surface area contributed by atoms with Crippen LogP contribution in [0.4, 0.5) is 4.39 Å². The first-order valence-electron chi connectivity index (χ1n) is 5.11. The van der Waals surface area contributed by atoms with E-state index in [9.17, 15) is 9.18 Å². The molecule has 2 unspecified atom stereocenters. The van der Waals surface area contributed by atoms with Gasteiger partial charge in [0.1, 0.15) is 18.9 Å². The molecule has 1 aromatic carbocycles. The Kier molecular flexibility index (Phi) is 4.92. The Morgan fingerprint density at radius 2 is 2.06 bits per heavy atom. The van der Waals surface area contributed by atoms with Crippen LogP contribution in [0.5, 0.6) is 0 Å². The highest BCUT2D eigenvalue weighted by Crippen LogP contribution is 2.05. The minimum Gasteiger partial charge on any atom is -0.460 e. The number of aliphatic hydroxyl groups excluding tert-OH is 1. The Morgan fingerprint density at radius 3 is 2.62 bits per heavy atom. The Labute approximate surface area is 93.9 Å². The number of benzene rings is 1. The summed E-state index contributed by atoms with van der Waals surface area (Å²) in [5.74, 6) is -0.466. The maximum atomic E-state index is 12.1. The molecule has 0 heterocycles. The smallest absolute Gasteiger partial charge is 0.310 e. The third-order valence-electron chi connectivity index (χ3n) is 2.21. The molecule has 0 bridgehead atoms. The van der Waals surface area contributed by atoms with Crippen LogP contribution in [0.15, 0.2) is 30.3 Å². The van der Waals surface area contributed by atoms with E-state index in [4.69, 9.17) is 9.84 Å². The summed E-state index contributed by atoms with van der Waals surface area (Å²) in [5, 5.41) is 9.09. The van der Waals surface area contributed by atoms with Crippen LogP contribution in [-0.4, -0.2) is 30.0 Å². The van der Waals surface area contributed by atoms with E-state index in [2.05, 4.69) is 0 Å². The van der Waals surface area contributed by atoms with E-state index in [0.29, 0.717) is 0 Å². The van der Waals surface area contributed by atoms with Crippen molar-refractivity contribution < 1.29 is 19.0 Å². The lowest BCUT2D eigenvalue weighted by Crippen LogP contribution is -2.30. The molecule has 16 heavy (non-hydrogen) atoms. The number of aliphatic hydroxyl groups is 1. The molecule has 2 atom stereocenters. The molecule has 0 saturated carbocycles. The van der Waals surface area contributed by atoms with Crippen LogP contribution >= 0.6 is 0 Å². The number of carbonyl (C=O) groups is 1. The predicted molar refractivity (Wildman–Crippen MR) is 57.7 cm³/mol. The van der Waals surface area contributed by atoms with E-state index >= 15 is 0 Å². The highest BCUT2D eigenvalue weighted by atomic mass is 19.1. The minimum absolute atomic E-state index is 0.129. The van der Waals surface area contributed by atoms with Gasteiger partial charge in [0.05, 0.1) is 6.42 Å². The SMILES string of the molecule is CC(OC(=O)Cc1ccccc1)C(O)CF. The van der Waals surface area contributed by atoms with Crippen molar-refractivity contribution in [2.24, 2.45) is 0 Å². The summed E-state index contributed by atoms with van der Waals surface area (Å²) in [5.41, 5.74) is 0.828. The summed E-state index contributed by atoms with van der Waals surface area (Å²) in [7, 11) is 0. The van der Waals surface area contributed by atoms with Crippen LogP contribution in [0.2, 0.25) is 0 Å². The van der Waals surface area contributed by atoms with Crippen molar-refractivity contribution in [2.45, 2.75) is 25.6 Å². The van der Waals surface area contributed by atoms with E-state index < -0.39 is 24.9 Å². The van der Waals surface area contributed by atoms with Crippen molar-refractivity contribution in [1.29, 1.82) is 0 Å². The fourth-order valence-corrected chi connectivity index (χ4v) is 1.22. The van der Waals surface area contributed by atoms with Crippen molar-refractivity contribution in [2.75, 3.05) is 6.67 Å². The molecule has 0 spiro atoms. The third kappa shape index (κ3) is 3.98. The highest BCUT2D eigenvalue weighted by Gasteiger charge is 2.18. The predicted octanol–water partition coefficient (Wildman–Crippen LogP) is 1.49. The van der Waals surface area contributed by atoms with E-state index in [-0.39, 0.29) is 6.42 Å². The van der Waals surface area contributed by atoms with Crippen molar-refractivity contribution >= 4 is 5.97 Å². The largest absolute Gasteiger partial charge is 0.460 e. The molecule has 1 N–H and O–H groups in total. The maximum Gasteiger partial charge on any atom is 0.310 e. The zero-order valence-corrected chi connectivity index (χ0v) is 9.10. The Morgan fingerprint density at radius 1 is 1.44 bits per heavy atom. The van der Waals surface area contributed by atoms with Crippen LogP contribution in [0.1, 0.15) is 12.5 Å². The van der Waals surface area contributed by atoms with Crippen molar-refractivity contribution in [3.8, 4) is 0 Å². The van der Waals surface area contributed by atoms with Gasteiger partial charge in [-0.1, -0.05) is 30.3 Å². The number of ether oxygens (including phenoxy) is 1. The van der Waals surface area contributed by atoms with E-state index in [1.807, 2.05) is 18.2 Å². The van der Waals surface area contributed by atoms with Gasteiger partial charge in [-0.3, -0.25) is 4.79 Å². The van der Waals surface area contributed by atoms with Crippen molar-refractivity contribution in [3.63, 3.8) is 0 Å². The van der Waals surface area contributed by atoms with Gasteiger partial charge in [0.15, 0.2) is 0 Å². The number of esters is 1. The monoisotopic (exact) mass is 226 g/mol. The van der Waals surface area contributed by atoms with Crippen LogP contribution in [-0.2, 0) is 16.0 Å². The first-order valence-corrected chi connectivity index (χ1v) is 5.11. The molecule has 0 aliphatic carbocycles. The Bertz CT molecular complexity index is 326. The standard InChI is InChI=1S/C12H15FO3/c1-9(11(14)8-13)16-12(15)7-10-5-3-2-4-6-10/h2-6,9,11,14H,7-8H2,1H3. The van der Waals surface area contributed by atoms with Crippen molar-refractivity contribution in [1.82, 2.24) is 0 Å². The second-order valence-electron chi connectivity index (χ2n) is 3.58. The molecule has 88 valence electrons. The molecule has 1 rings (SSSR count). The molecule has 3 nitrogen and oxygen atoms in total. The van der Waals surface area contributed by atoms with Crippen LogP contribution in [0.3, 0.4) is 0 Å². The number of halogens is 1. The number of rotatable bonds is 5. The molecular weight excluding hydrogens is 211 g/mol. The summed E-state index contributed by atoms with van der Waals surface area (Å²) >= 11 is 0. The second-order valence-corrected chi connectivity index (χ2v) is 3.58. The first kappa shape index (κ1) is 12.6. The number of hydrogen-bond donors (Lipinski definition) is 1. The molecule has 0 aliphatic heterocycles. The molecule has 1 aromatic rings. The zero-order valence-electron chi connectivity index (χ0n) is 9.10. The molecule has 0 amide bonds. The Balaban J connectivity index is 2.42. The van der Waals surface area contributed by atoms with Gasteiger partial charge in [-0.2, -0.15) is 0 Å². The van der Waals surface area contributed by atoms with E-state index in [0.717, 1.165) is 5.56 Å². The summed E-state index contributed by atoms with van der Waals surface area (Å²) in [6, 6.07) is 9.10. The fraction of sp³-hybridized carbons (Fsp3) is 0.417. The lowest BCUT2D eigenvalue weighted by atomic mass is 10.1. The van der Waals surface area contributed by atoms with Crippen molar-refractivity contribution in [3.05, 3.63) is 35.9 Å². The molecule has 0 radical (unpaired) electrons. The molecule has 0 fully saturated rings. The van der Waals surface area contributed by atoms with Gasteiger partial charge in [-0.15, -0.1) is 0 Å². The molecular formula is C12H15FO3. The Hall–Kier alpha value is -1.42. The zero-order chi connectivity index (χ0) is 12.0. The van der Waals surface area contributed by atoms with Gasteiger partial charge >= 0.3 is 5.97 Å². The third-order valence-corrected chi connectivity index (χ3v) is 2.21. The normalized spacial score (nSPS) is 14.2. The average molecular weight is 226 g/mol. The minimum atomic E-state index is -1.25. The summed E-state index contributed by atoms with van der Waals surface area (Å²) < 4.78 is 17.0. The van der Waals surface area contributed by atoms with Gasteiger partial charge in [0.25, 0.3) is 0 Å². The lowest BCUT2D eigenvalue weighted by molar-refractivity contribution is -0.153. The number of alkyl halides is 1. The highest BCUT2D eigenvalue weighted by molar-refractivity contribution is 5.72. The summed E-state index contributed by atoms with van der Waals surface area (Å²) in [6.45, 7) is 0.549.